The summed E-state index contributed by atoms with van der Waals surface area (Å²) in [5, 5.41) is 15.7. The van der Waals surface area contributed by atoms with E-state index < -0.39 is 22.3 Å². The van der Waals surface area contributed by atoms with E-state index in [-0.39, 0.29) is 11.4 Å². The lowest BCUT2D eigenvalue weighted by molar-refractivity contribution is -0.384. The molecule has 0 atom stereocenters. The van der Waals surface area contributed by atoms with Crippen LogP contribution in [0.5, 0.6) is 0 Å². The molecule has 0 saturated heterocycles. The molecular weight excluding hydrogens is 229 g/mol. The summed E-state index contributed by atoms with van der Waals surface area (Å²) in [6, 6.07) is 1.99. The SMILES string of the molecule is CCNc1cc(NC(C)=O)c([N+](=O)[O-])cc1F. The highest BCUT2D eigenvalue weighted by atomic mass is 19.1. The van der Waals surface area contributed by atoms with Crippen LogP contribution in [0.4, 0.5) is 21.5 Å². The molecule has 0 saturated carbocycles. The van der Waals surface area contributed by atoms with E-state index in [0.717, 1.165) is 6.07 Å². The summed E-state index contributed by atoms with van der Waals surface area (Å²) in [6.07, 6.45) is 0. The molecule has 0 heterocycles. The van der Waals surface area contributed by atoms with Crippen molar-refractivity contribution in [1.82, 2.24) is 0 Å². The van der Waals surface area contributed by atoms with Crippen LogP contribution in [0.3, 0.4) is 0 Å². The topological polar surface area (TPSA) is 84.3 Å². The molecule has 1 rings (SSSR count). The van der Waals surface area contributed by atoms with Gasteiger partial charge in [0, 0.05) is 13.5 Å². The van der Waals surface area contributed by atoms with Crippen molar-refractivity contribution in [3.05, 3.63) is 28.1 Å². The summed E-state index contributed by atoms with van der Waals surface area (Å²) in [6.45, 7) is 3.45. The Hall–Kier alpha value is -2.18. The Balaban J connectivity index is 3.25. The first-order chi connectivity index (χ1) is 7.95. The molecule has 0 radical (unpaired) electrons. The van der Waals surface area contributed by atoms with E-state index in [4.69, 9.17) is 0 Å². The zero-order valence-electron chi connectivity index (χ0n) is 9.41. The zero-order chi connectivity index (χ0) is 13.0. The average molecular weight is 241 g/mol. The molecule has 1 aromatic carbocycles. The van der Waals surface area contributed by atoms with Crippen molar-refractivity contribution in [1.29, 1.82) is 0 Å². The molecule has 0 aliphatic heterocycles. The minimum absolute atomic E-state index is 0.0279. The highest BCUT2D eigenvalue weighted by molar-refractivity contribution is 5.92. The van der Waals surface area contributed by atoms with Crippen LogP contribution in [0.25, 0.3) is 0 Å². The zero-order valence-corrected chi connectivity index (χ0v) is 9.41. The Bertz CT molecular complexity index is 462. The molecule has 0 unspecified atom stereocenters. The summed E-state index contributed by atoms with van der Waals surface area (Å²) in [7, 11) is 0. The number of carbonyl (C=O) groups excluding carboxylic acids is 1. The molecular formula is C10H12FN3O3. The van der Waals surface area contributed by atoms with Crippen molar-refractivity contribution in [3.63, 3.8) is 0 Å². The van der Waals surface area contributed by atoms with Gasteiger partial charge in [-0.3, -0.25) is 14.9 Å². The lowest BCUT2D eigenvalue weighted by Crippen LogP contribution is -2.10. The van der Waals surface area contributed by atoms with Gasteiger partial charge in [-0.25, -0.2) is 4.39 Å². The maximum atomic E-state index is 13.4. The Morgan fingerprint density at radius 1 is 1.47 bits per heavy atom. The van der Waals surface area contributed by atoms with E-state index in [0.29, 0.717) is 6.54 Å². The molecule has 6 nitrogen and oxygen atoms in total. The van der Waals surface area contributed by atoms with Crippen molar-refractivity contribution < 1.29 is 14.1 Å². The lowest BCUT2D eigenvalue weighted by Gasteiger charge is -2.09. The van der Waals surface area contributed by atoms with Gasteiger partial charge in [0.05, 0.1) is 16.7 Å². The quantitative estimate of drug-likeness (QED) is 0.624. The Morgan fingerprint density at radius 2 is 2.12 bits per heavy atom. The standard InChI is InChI=1S/C10H12FN3O3/c1-3-12-8-5-9(13-6(2)15)10(14(16)17)4-7(8)11/h4-5,12H,3H2,1-2H3,(H,13,15). The molecule has 0 aromatic heterocycles. The van der Waals surface area contributed by atoms with Crippen LogP contribution >= 0.6 is 0 Å². The van der Waals surface area contributed by atoms with Gasteiger partial charge in [0.25, 0.3) is 5.69 Å². The molecule has 1 amide bonds. The monoisotopic (exact) mass is 241 g/mol. The van der Waals surface area contributed by atoms with Crippen LogP contribution in [0.15, 0.2) is 12.1 Å². The van der Waals surface area contributed by atoms with E-state index in [1.807, 2.05) is 0 Å². The molecule has 7 heteroatoms. The van der Waals surface area contributed by atoms with Crippen LogP contribution in [0.2, 0.25) is 0 Å². The molecule has 1 aromatic rings. The van der Waals surface area contributed by atoms with Crippen LogP contribution in [0, 0.1) is 15.9 Å². The first kappa shape index (κ1) is 12.9. The van der Waals surface area contributed by atoms with E-state index in [1.165, 1.54) is 13.0 Å². The number of hydrogen-bond acceptors (Lipinski definition) is 4. The second-order valence-corrected chi connectivity index (χ2v) is 3.32. The van der Waals surface area contributed by atoms with Crippen molar-refractivity contribution >= 4 is 23.0 Å². The van der Waals surface area contributed by atoms with Gasteiger partial charge in [0.1, 0.15) is 5.69 Å². The highest BCUT2D eigenvalue weighted by Gasteiger charge is 2.18. The molecule has 0 bridgehead atoms. The second-order valence-electron chi connectivity index (χ2n) is 3.32. The number of hydrogen-bond donors (Lipinski definition) is 2. The number of anilines is 2. The molecule has 92 valence electrons. The number of nitro groups is 1. The average Bonchev–Trinajstić information content (AvgIpc) is 2.21. The number of nitrogens with zero attached hydrogens (tertiary/aromatic N) is 1. The van der Waals surface area contributed by atoms with E-state index in [9.17, 15) is 19.3 Å². The van der Waals surface area contributed by atoms with E-state index in [1.54, 1.807) is 6.92 Å². The van der Waals surface area contributed by atoms with Crippen LogP contribution < -0.4 is 10.6 Å². The molecule has 0 aliphatic carbocycles. The fraction of sp³-hybridized carbons (Fsp3) is 0.300. The Labute approximate surface area is 97.0 Å². The first-order valence-electron chi connectivity index (χ1n) is 4.95. The number of amides is 1. The lowest BCUT2D eigenvalue weighted by atomic mass is 10.2. The smallest absolute Gasteiger partial charge is 0.295 e. The number of nitrogens with one attached hydrogen (secondary N) is 2. The number of carbonyl (C=O) groups is 1. The molecule has 2 N–H and O–H groups in total. The van der Waals surface area contributed by atoms with Crippen LogP contribution in [-0.4, -0.2) is 17.4 Å². The maximum Gasteiger partial charge on any atom is 0.295 e. The Kier molecular flexibility index (Phi) is 3.97. The van der Waals surface area contributed by atoms with E-state index in [2.05, 4.69) is 10.6 Å². The summed E-state index contributed by atoms with van der Waals surface area (Å²) < 4.78 is 13.4. The Morgan fingerprint density at radius 3 is 2.59 bits per heavy atom. The minimum atomic E-state index is -0.746. The highest BCUT2D eigenvalue weighted by Crippen LogP contribution is 2.30. The molecule has 0 aliphatic rings. The van der Waals surface area contributed by atoms with Crippen molar-refractivity contribution in [2.45, 2.75) is 13.8 Å². The minimum Gasteiger partial charge on any atom is -0.383 e. The van der Waals surface area contributed by atoms with Gasteiger partial charge in [-0.1, -0.05) is 0 Å². The predicted molar refractivity (Wildman–Crippen MR) is 61.5 cm³/mol. The normalized spacial score (nSPS) is 9.82. The van der Waals surface area contributed by atoms with Gasteiger partial charge in [-0.05, 0) is 13.0 Å². The maximum absolute atomic E-state index is 13.4. The second kappa shape index (κ2) is 5.24. The fourth-order valence-corrected chi connectivity index (χ4v) is 1.33. The largest absolute Gasteiger partial charge is 0.383 e. The predicted octanol–water partition coefficient (Wildman–Crippen LogP) is 2.12. The van der Waals surface area contributed by atoms with Crippen molar-refractivity contribution in [2.24, 2.45) is 0 Å². The number of benzene rings is 1. The van der Waals surface area contributed by atoms with Gasteiger partial charge in [-0.15, -0.1) is 0 Å². The molecule has 17 heavy (non-hydrogen) atoms. The third-order valence-electron chi connectivity index (χ3n) is 1.96. The van der Waals surface area contributed by atoms with Crippen LogP contribution in [0.1, 0.15) is 13.8 Å². The summed E-state index contributed by atoms with van der Waals surface area (Å²) >= 11 is 0. The van der Waals surface area contributed by atoms with Gasteiger partial charge >= 0.3 is 0 Å². The summed E-state index contributed by atoms with van der Waals surface area (Å²) in [5.74, 6) is -1.19. The van der Waals surface area contributed by atoms with Crippen molar-refractivity contribution in [2.75, 3.05) is 17.2 Å². The van der Waals surface area contributed by atoms with Gasteiger partial charge < -0.3 is 10.6 Å². The molecule has 0 fully saturated rings. The van der Waals surface area contributed by atoms with E-state index >= 15 is 0 Å². The number of halogens is 1. The van der Waals surface area contributed by atoms with Gasteiger partial charge in [0.15, 0.2) is 5.82 Å². The third-order valence-corrected chi connectivity index (χ3v) is 1.96. The van der Waals surface area contributed by atoms with Crippen molar-refractivity contribution in [3.8, 4) is 0 Å². The van der Waals surface area contributed by atoms with Gasteiger partial charge in [-0.2, -0.15) is 0 Å². The summed E-state index contributed by atoms with van der Waals surface area (Å²) in [4.78, 5) is 20.8. The number of rotatable bonds is 4. The number of nitro benzene ring substituents is 1. The third kappa shape index (κ3) is 3.13. The first-order valence-corrected chi connectivity index (χ1v) is 4.95. The summed E-state index contributed by atoms with van der Waals surface area (Å²) in [5.41, 5.74) is -0.388. The fourth-order valence-electron chi connectivity index (χ4n) is 1.33. The van der Waals surface area contributed by atoms with Gasteiger partial charge in [0.2, 0.25) is 5.91 Å². The van der Waals surface area contributed by atoms with Crippen LogP contribution in [-0.2, 0) is 4.79 Å². The molecule has 0 spiro atoms.